The minimum Gasteiger partial charge on any atom is -0.206 e. The third-order valence-electron chi connectivity index (χ3n) is 4.10. The van der Waals surface area contributed by atoms with Gasteiger partial charge in [0.05, 0.1) is 5.56 Å². The Morgan fingerprint density at radius 2 is 1.68 bits per heavy atom. The molecular weight excluding hydrogens is 321 g/mol. The maximum absolute atomic E-state index is 14.1. The third kappa shape index (κ3) is 3.85. The van der Waals surface area contributed by atoms with Crippen LogP contribution in [0.15, 0.2) is 48.5 Å². The van der Waals surface area contributed by atoms with Crippen LogP contribution in [-0.4, -0.2) is 0 Å². The molecule has 0 N–H and O–H groups in total. The highest BCUT2D eigenvalue weighted by Crippen LogP contribution is 2.21. The van der Waals surface area contributed by atoms with Gasteiger partial charge in [0.25, 0.3) is 0 Å². The lowest BCUT2D eigenvalue weighted by atomic mass is 10.0. The maximum Gasteiger partial charge on any atom is 0.166 e. The Bertz CT molecular complexity index is 978. The smallest absolute Gasteiger partial charge is 0.166 e. The first-order chi connectivity index (χ1) is 12.1. The molecule has 0 aliphatic carbocycles. The van der Waals surface area contributed by atoms with Crippen molar-refractivity contribution >= 4 is 10.8 Å². The van der Waals surface area contributed by atoms with E-state index in [0.717, 1.165) is 30.9 Å². The molecule has 3 aromatic rings. The molecule has 3 rings (SSSR count). The van der Waals surface area contributed by atoms with E-state index >= 15 is 0 Å². The SMILES string of the molecule is CCCCc1ccc(C#Cc2ccc3c(F)c(F)ccc3c2)c(F)c1. The van der Waals surface area contributed by atoms with Crippen molar-refractivity contribution in [1.29, 1.82) is 0 Å². The minimum absolute atomic E-state index is 0.206. The van der Waals surface area contributed by atoms with E-state index in [1.165, 1.54) is 18.2 Å². The van der Waals surface area contributed by atoms with E-state index in [4.69, 9.17) is 0 Å². The van der Waals surface area contributed by atoms with Gasteiger partial charge in [-0.2, -0.15) is 0 Å². The molecule has 3 heteroatoms. The molecule has 0 atom stereocenters. The predicted octanol–water partition coefficient (Wildman–Crippen LogP) is 6.00. The quantitative estimate of drug-likeness (QED) is 0.514. The lowest BCUT2D eigenvalue weighted by Gasteiger charge is -2.02. The Hall–Kier alpha value is -2.73. The molecule has 0 aliphatic heterocycles. The summed E-state index contributed by atoms with van der Waals surface area (Å²) in [6.45, 7) is 2.10. The molecule has 0 heterocycles. The largest absolute Gasteiger partial charge is 0.206 e. The average Bonchev–Trinajstić information content (AvgIpc) is 2.62. The second kappa shape index (κ2) is 7.44. The van der Waals surface area contributed by atoms with Crippen LogP contribution < -0.4 is 0 Å². The molecule has 3 aromatic carbocycles. The van der Waals surface area contributed by atoms with Crippen LogP contribution in [-0.2, 0) is 6.42 Å². The van der Waals surface area contributed by atoms with Gasteiger partial charge in [0, 0.05) is 10.9 Å². The van der Waals surface area contributed by atoms with Gasteiger partial charge in [-0.25, -0.2) is 13.2 Å². The van der Waals surface area contributed by atoms with Gasteiger partial charge >= 0.3 is 0 Å². The van der Waals surface area contributed by atoms with E-state index in [2.05, 4.69) is 18.8 Å². The lowest BCUT2D eigenvalue weighted by molar-refractivity contribution is 0.517. The summed E-state index contributed by atoms with van der Waals surface area (Å²) < 4.78 is 41.1. The number of rotatable bonds is 3. The van der Waals surface area contributed by atoms with Crippen molar-refractivity contribution < 1.29 is 13.2 Å². The molecule has 0 amide bonds. The highest BCUT2D eigenvalue weighted by molar-refractivity contribution is 5.84. The molecule has 25 heavy (non-hydrogen) atoms. The van der Waals surface area contributed by atoms with Crippen molar-refractivity contribution in [1.82, 2.24) is 0 Å². The second-order valence-electron chi connectivity index (χ2n) is 5.97. The zero-order valence-electron chi connectivity index (χ0n) is 13.9. The molecular formula is C22H17F3. The van der Waals surface area contributed by atoms with Gasteiger partial charge in [0.2, 0.25) is 0 Å². The minimum atomic E-state index is -0.878. The van der Waals surface area contributed by atoms with Gasteiger partial charge < -0.3 is 0 Å². The van der Waals surface area contributed by atoms with Crippen LogP contribution in [0.2, 0.25) is 0 Å². The van der Waals surface area contributed by atoms with Crippen molar-refractivity contribution in [2.45, 2.75) is 26.2 Å². The summed E-state index contributed by atoms with van der Waals surface area (Å²) in [5.74, 6) is 3.61. The normalized spacial score (nSPS) is 10.6. The summed E-state index contributed by atoms with van der Waals surface area (Å²) in [6.07, 6.45) is 2.95. The molecule has 0 spiro atoms. The fourth-order valence-electron chi connectivity index (χ4n) is 2.68. The van der Waals surface area contributed by atoms with Crippen LogP contribution in [0, 0.1) is 29.3 Å². The van der Waals surface area contributed by atoms with E-state index in [-0.39, 0.29) is 11.2 Å². The standard InChI is InChI=1S/C22H17F3/c1-2-3-4-15-5-8-17(21(24)14-15)9-6-16-7-11-19-18(13-16)10-12-20(23)22(19)25/h5,7-8,10-14H,2-4H2,1H3. The highest BCUT2D eigenvalue weighted by atomic mass is 19.2. The Labute approximate surface area is 145 Å². The van der Waals surface area contributed by atoms with Crippen LogP contribution in [0.25, 0.3) is 10.8 Å². The second-order valence-corrected chi connectivity index (χ2v) is 5.97. The number of benzene rings is 3. The molecule has 0 saturated heterocycles. The van der Waals surface area contributed by atoms with Gasteiger partial charge in [-0.3, -0.25) is 0 Å². The first kappa shape index (κ1) is 17.1. The number of hydrogen-bond donors (Lipinski definition) is 0. The molecule has 0 unspecified atom stereocenters. The Kier molecular flexibility index (Phi) is 5.09. The number of halogens is 3. The Morgan fingerprint density at radius 3 is 2.44 bits per heavy atom. The van der Waals surface area contributed by atoms with E-state index in [0.29, 0.717) is 16.5 Å². The third-order valence-corrected chi connectivity index (χ3v) is 4.10. The van der Waals surface area contributed by atoms with Gasteiger partial charge in [-0.05, 0) is 54.1 Å². The summed E-state index contributed by atoms with van der Waals surface area (Å²) in [6, 6.07) is 12.4. The Morgan fingerprint density at radius 1 is 0.840 bits per heavy atom. The molecule has 0 aliphatic rings. The number of fused-ring (bicyclic) bond motifs is 1. The molecule has 0 saturated carbocycles. The van der Waals surface area contributed by atoms with Gasteiger partial charge in [0.1, 0.15) is 5.82 Å². The van der Waals surface area contributed by atoms with Crippen LogP contribution in [0.1, 0.15) is 36.5 Å². The summed E-state index contributed by atoms with van der Waals surface area (Å²) in [5.41, 5.74) is 1.91. The van der Waals surface area contributed by atoms with E-state index in [9.17, 15) is 13.2 Å². The monoisotopic (exact) mass is 338 g/mol. The van der Waals surface area contributed by atoms with E-state index < -0.39 is 11.6 Å². The van der Waals surface area contributed by atoms with E-state index in [1.807, 2.05) is 6.07 Å². The van der Waals surface area contributed by atoms with Crippen molar-refractivity contribution in [3.63, 3.8) is 0 Å². The fourth-order valence-corrected chi connectivity index (χ4v) is 2.68. The molecule has 0 bridgehead atoms. The summed E-state index contributed by atoms with van der Waals surface area (Å²) in [5, 5.41) is 0.762. The Balaban J connectivity index is 1.88. The van der Waals surface area contributed by atoms with Crippen molar-refractivity contribution in [3.05, 3.63) is 82.7 Å². The molecule has 0 nitrogen and oxygen atoms in total. The predicted molar refractivity (Wildman–Crippen MR) is 94.9 cm³/mol. The molecule has 0 fully saturated rings. The van der Waals surface area contributed by atoms with Crippen molar-refractivity contribution in [2.24, 2.45) is 0 Å². The van der Waals surface area contributed by atoms with Crippen LogP contribution in [0.5, 0.6) is 0 Å². The van der Waals surface area contributed by atoms with Gasteiger partial charge in [-0.1, -0.05) is 43.4 Å². The molecule has 0 radical (unpaired) electrons. The summed E-state index contributed by atoms with van der Waals surface area (Å²) >= 11 is 0. The molecule has 0 aromatic heterocycles. The summed E-state index contributed by atoms with van der Waals surface area (Å²) in [7, 11) is 0. The van der Waals surface area contributed by atoms with E-state index in [1.54, 1.807) is 18.2 Å². The lowest BCUT2D eigenvalue weighted by Crippen LogP contribution is -1.90. The molecule has 126 valence electrons. The maximum atomic E-state index is 14.1. The first-order valence-corrected chi connectivity index (χ1v) is 8.26. The fraction of sp³-hybridized carbons (Fsp3) is 0.182. The van der Waals surface area contributed by atoms with Crippen LogP contribution in [0.3, 0.4) is 0 Å². The van der Waals surface area contributed by atoms with Crippen molar-refractivity contribution in [3.8, 4) is 11.8 Å². The number of unbranched alkanes of at least 4 members (excludes halogenated alkanes) is 1. The van der Waals surface area contributed by atoms with Gasteiger partial charge in [-0.15, -0.1) is 0 Å². The van der Waals surface area contributed by atoms with Crippen LogP contribution in [0.4, 0.5) is 13.2 Å². The average molecular weight is 338 g/mol. The topological polar surface area (TPSA) is 0 Å². The highest BCUT2D eigenvalue weighted by Gasteiger charge is 2.07. The van der Waals surface area contributed by atoms with Gasteiger partial charge in [0.15, 0.2) is 11.6 Å². The first-order valence-electron chi connectivity index (χ1n) is 8.26. The zero-order chi connectivity index (χ0) is 17.8. The summed E-state index contributed by atoms with van der Waals surface area (Å²) in [4.78, 5) is 0. The number of hydrogen-bond acceptors (Lipinski definition) is 0. The zero-order valence-corrected chi connectivity index (χ0v) is 13.9. The van der Waals surface area contributed by atoms with Crippen LogP contribution >= 0.6 is 0 Å². The van der Waals surface area contributed by atoms with Crippen molar-refractivity contribution in [2.75, 3.05) is 0 Å². The number of aryl methyl sites for hydroxylation is 1.